The molecule has 8 nitrogen and oxygen atoms in total. The lowest BCUT2D eigenvalue weighted by Crippen LogP contribution is -2.51. The van der Waals surface area contributed by atoms with Gasteiger partial charge in [-0.15, -0.1) is 5.10 Å². The molecule has 1 aliphatic rings. The molecule has 2 aromatic heterocycles. The number of ether oxygens (including phenoxy) is 1. The maximum atomic E-state index is 12.8. The summed E-state index contributed by atoms with van der Waals surface area (Å²) in [6.45, 7) is 2.68. The number of aromatic nitrogens is 4. The van der Waals surface area contributed by atoms with Crippen LogP contribution in [0.15, 0.2) is 36.5 Å². The van der Waals surface area contributed by atoms with Crippen LogP contribution in [-0.4, -0.2) is 44.6 Å². The summed E-state index contributed by atoms with van der Waals surface area (Å²) >= 11 is 0. The van der Waals surface area contributed by atoms with Crippen LogP contribution in [0.2, 0.25) is 0 Å². The quantitative estimate of drug-likeness (QED) is 0.763. The molecule has 0 radical (unpaired) electrons. The molecular weight excluding hydrogens is 344 g/mol. The van der Waals surface area contributed by atoms with Crippen LogP contribution in [0.5, 0.6) is 0 Å². The third-order valence-electron chi connectivity index (χ3n) is 4.87. The zero-order valence-electron chi connectivity index (χ0n) is 14.8. The maximum absolute atomic E-state index is 12.8. The fourth-order valence-corrected chi connectivity index (χ4v) is 3.30. The molecule has 0 unspecified atom stereocenters. The topological polar surface area (TPSA) is 106 Å². The lowest BCUT2D eigenvalue weighted by atomic mass is 9.91. The molecule has 0 bridgehead atoms. The molecule has 0 saturated carbocycles. The van der Waals surface area contributed by atoms with Gasteiger partial charge in [0.2, 0.25) is 0 Å². The van der Waals surface area contributed by atoms with Gasteiger partial charge >= 0.3 is 0 Å². The molecule has 27 heavy (non-hydrogen) atoms. The minimum absolute atomic E-state index is 0.206. The Morgan fingerprint density at radius 2 is 2.11 bits per heavy atom. The van der Waals surface area contributed by atoms with E-state index in [0.29, 0.717) is 31.7 Å². The summed E-state index contributed by atoms with van der Waals surface area (Å²) in [5, 5.41) is 21.5. The molecule has 1 aromatic carbocycles. The van der Waals surface area contributed by atoms with Crippen LogP contribution in [0, 0.1) is 18.3 Å². The van der Waals surface area contributed by atoms with Crippen LogP contribution in [0.1, 0.15) is 29.0 Å². The number of rotatable bonds is 3. The summed E-state index contributed by atoms with van der Waals surface area (Å²) in [5.74, 6) is -0.402. The highest BCUT2D eigenvalue weighted by atomic mass is 16.5. The highest BCUT2D eigenvalue weighted by molar-refractivity contribution is 5.94. The first kappa shape index (κ1) is 17.1. The molecule has 1 N–H and O–H groups in total. The largest absolute Gasteiger partial charge is 0.381 e. The second-order valence-corrected chi connectivity index (χ2v) is 6.54. The van der Waals surface area contributed by atoms with Crippen molar-refractivity contribution < 1.29 is 9.53 Å². The van der Waals surface area contributed by atoms with Crippen molar-refractivity contribution >= 4 is 16.8 Å². The number of nitrogens with zero attached hydrogens (tertiary/aromatic N) is 5. The molecule has 136 valence electrons. The van der Waals surface area contributed by atoms with Crippen molar-refractivity contribution in [3.05, 3.63) is 47.9 Å². The number of nitriles is 1. The van der Waals surface area contributed by atoms with Gasteiger partial charge in [0, 0.05) is 37.6 Å². The average Bonchev–Trinajstić information content (AvgIpc) is 3.09. The number of fused-ring (bicyclic) bond motifs is 1. The van der Waals surface area contributed by atoms with Gasteiger partial charge in [-0.3, -0.25) is 9.78 Å². The number of carbonyl (C=O) groups is 1. The van der Waals surface area contributed by atoms with Crippen LogP contribution in [0.25, 0.3) is 16.6 Å². The Morgan fingerprint density at radius 1 is 1.30 bits per heavy atom. The Labute approximate surface area is 155 Å². The molecule has 8 heteroatoms. The van der Waals surface area contributed by atoms with Crippen molar-refractivity contribution in [2.75, 3.05) is 13.2 Å². The highest BCUT2D eigenvalue weighted by Gasteiger charge is 2.35. The third-order valence-corrected chi connectivity index (χ3v) is 4.87. The van der Waals surface area contributed by atoms with Crippen molar-refractivity contribution in [3.63, 3.8) is 0 Å². The molecule has 1 saturated heterocycles. The minimum Gasteiger partial charge on any atom is -0.381 e. The van der Waals surface area contributed by atoms with E-state index in [-0.39, 0.29) is 5.69 Å². The minimum atomic E-state index is -0.922. The van der Waals surface area contributed by atoms with Gasteiger partial charge in [0.05, 0.1) is 23.0 Å². The van der Waals surface area contributed by atoms with E-state index in [2.05, 4.69) is 26.7 Å². The van der Waals surface area contributed by atoms with Gasteiger partial charge < -0.3 is 10.1 Å². The summed E-state index contributed by atoms with van der Waals surface area (Å²) in [5.41, 5.74) is 1.52. The molecule has 1 aliphatic heterocycles. The van der Waals surface area contributed by atoms with Gasteiger partial charge in [-0.25, -0.2) is 4.68 Å². The molecular formula is C19H18N6O2. The van der Waals surface area contributed by atoms with Crippen molar-refractivity contribution in [1.29, 1.82) is 5.26 Å². The number of hydrogen-bond donors (Lipinski definition) is 1. The van der Waals surface area contributed by atoms with E-state index in [9.17, 15) is 10.1 Å². The molecule has 3 heterocycles. The molecule has 0 aliphatic carbocycles. The SMILES string of the molecule is Cc1c(C(=O)NC2(C#N)CCOCC2)nnn1-c1cccc2ncccc12. The second kappa shape index (κ2) is 6.78. The predicted octanol–water partition coefficient (Wildman–Crippen LogP) is 1.93. The van der Waals surface area contributed by atoms with Crippen molar-refractivity contribution in [2.45, 2.75) is 25.3 Å². The number of benzene rings is 1. The first-order valence-corrected chi connectivity index (χ1v) is 8.71. The summed E-state index contributed by atoms with van der Waals surface area (Å²) in [7, 11) is 0. The van der Waals surface area contributed by atoms with E-state index < -0.39 is 11.4 Å². The number of carbonyl (C=O) groups excluding carboxylic acids is 1. The highest BCUT2D eigenvalue weighted by Crippen LogP contribution is 2.23. The fraction of sp³-hybridized carbons (Fsp3) is 0.316. The summed E-state index contributed by atoms with van der Waals surface area (Å²) in [4.78, 5) is 17.1. The van der Waals surface area contributed by atoms with Crippen molar-refractivity contribution in [2.24, 2.45) is 0 Å². The summed E-state index contributed by atoms with van der Waals surface area (Å²) in [6, 6.07) is 11.7. The average molecular weight is 362 g/mol. The van der Waals surface area contributed by atoms with E-state index in [0.717, 1.165) is 16.6 Å². The fourth-order valence-electron chi connectivity index (χ4n) is 3.30. The number of pyridine rings is 1. The third kappa shape index (κ3) is 3.02. The maximum Gasteiger partial charge on any atom is 0.275 e. The molecule has 1 amide bonds. The van der Waals surface area contributed by atoms with E-state index in [1.54, 1.807) is 17.8 Å². The van der Waals surface area contributed by atoms with Crippen LogP contribution >= 0.6 is 0 Å². The van der Waals surface area contributed by atoms with Crippen LogP contribution in [0.3, 0.4) is 0 Å². The normalized spacial score (nSPS) is 16.0. The van der Waals surface area contributed by atoms with Crippen molar-refractivity contribution in [1.82, 2.24) is 25.3 Å². The van der Waals surface area contributed by atoms with Crippen LogP contribution in [-0.2, 0) is 4.74 Å². The van der Waals surface area contributed by atoms with Crippen LogP contribution in [0.4, 0.5) is 0 Å². The van der Waals surface area contributed by atoms with E-state index >= 15 is 0 Å². The molecule has 1 fully saturated rings. The molecule has 0 spiro atoms. The zero-order valence-corrected chi connectivity index (χ0v) is 14.8. The number of nitrogens with one attached hydrogen (secondary N) is 1. The molecule has 3 aromatic rings. The van der Waals surface area contributed by atoms with Gasteiger partial charge in [-0.2, -0.15) is 5.26 Å². The number of hydrogen-bond acceptors (Lipinski definition) is 6. The van der Waals surface area contributed by atoms with Gasteiger partial charge in [-0.1, -0.05) is 11.3 Å². The number of amides is 1. The van der Waals surface area contributed by atoms with E-state index in [4.69, 9.17) is 4.74 Å². The smallest absolute Gasteiger partial charge is 0.275 e. The lowest BCUT2D eigenvalue weighted by molar-refractivity contribution is 0.0529. The monoisotopic (exact) mass is 362 g/mol. The molecule has 0 atom stereocenters. The first-order valence-electron chi connectivity index (χ1n) is 8.71. The first-order chi connectivity index (χ1) is 13.1. The Bertz CT molecular complexity index is 1040. The Hall–Kier alpha value is -3.31. The summed E-state index contributed by atoms with van der Waals surface area (Å²) < 4.78 is 6.93. The van der Waals surface area contributed by atoms with Crippen molar-refractivity contribution in [3.8, 4) is 11.8 Å². The Balaban J connectivity index is 1.68. The summed E-state index contributed by atoms with van der Waals surface area (Å²) in [6.07, 6.45) is 2.64. The Morgan fingerprint density at radius 3 is 2.89 bits per heavy atom. The van der Waals surface area contributed by atoms with E-state index in [1.165, 1.54) is 0 Å². The van der Waals surface area contributed by atoms with Crippen LogP contribution < -0.4 is 5.32 Å². The molecule has 4 rings (SSSR count). The lowest BCUT2D eigenvalue weighted by Gasteiger charge is -2.31. The van der Waals surface area contributed by atoms with Gasteiger partial charge in [-0.05, 0) is 31.2 Å². The van der Waals surface area contributed by atoms with Gasteiger partial charge in [0.1, 0.15) is 5.54 Å². The van der Waals surface area contributed by atoms with E-state index in [1.807, 2.05) is 30.3 Å². The predicted molar refractivity (Wildman–Crippen MR) is 97.3 cm³/mol. The van der Waals surface area contributed by atoms with Gasteiger partial charge in [0.25, 0.3) is 5.91 Å². The van der Waals surface area contributed by atoms with Gasteiger partial charge in [0.15, 0.2) is 5.69 Å². The zero-order chi connectivity index (χ0) is 18.9. The Kier molecular flexibility index (Phi) is 4.30. The second-order valence-electron chi connectivity index (χ2n) is 6.54. The standard InChI is InChI=1S/C19H18N6O2/c1-13-17(18(26)22-19(12-20)7-10-27-11-8-19)23-24-25(13)16-6-2-5-15-14(16)4-3-9-21-15/h2-6,9H,7-8,10-11H2,1H3,(H,22,26).